The summed E-state index contributed by atoms with van der Waals surface area (Å²) in [6.07, 6.45) is 0. The second-order valence-electron chi connectivity index (χ2n) is 8.69. The molecule has 0 aromatic heterocycles. The molecular weight excluding hydrogens is 482 g/mol. The molecule has 36 heavy (non-hydrogen) atoms. The lowest BCUT2D eigenvalue weighted by Crippen LogP contribution is -2.50. The van der Waals surface area contributed by atoms with E-state index in [1.807, 2.05) is 51.7 Å². The van der Waals surface area contributed by atoms with Crippen molar-refractivity contribution in [1.29, 1.82) is 0 Å². The summed E-state index contributed by atoms with van der Waals surface area (Å²) in [5.74, 6) is 1.25. The highest BCUT2D eigenvalue weighted by Crippen LogP contribution is 2.39. The van der Waals surface area contributed by atoms with Crippen LogP contribution < -0.4 is 24.4 Å². The molecule has 2 aromatic carbocycles. The number of benzene rings is 2. The number of hydrogen-bond donors (Lipinski definition) is 1. The van der Waals surface area contributed by atoms with Crippen LogP contribution in [-0.4, -0.2) is 62.7 Å². The summed E-state index contributed by atoms with van der Waals surface area (Å²) in [6.45, 7) is 13.5. The van der Waals surface area contributed by atoms with Crippen molar-refractivity contribution in [2.24, 2.45) is 5.92 Å². The van der Waals surface area contributed by atoms with Crippen molar-refractivity contribution in [3.05, 3.63) is 40.9 Å². The first-order valence-corrected chi connectivity index (χ1v) is 12.9. The molecule has 0 saturated carbocycles. The van der Waals surface area contributed by atoms with Gasteiger partial charge in [0.25, 0.3) is 5.91 Å². The third-order valence-electron chi connectivity index (χ3n) is 5.80. The molecule has 8 nitrogen and oxygen atoms in total. The van der Waals surface area contributed by atoms with E-state index >= 15 is 0 Å². The number of carbonyl (C=O) groups is 2. The first-order chi connectivity index (χ1) is 17.3. The summed E-state index contributed by atoms with van der Waals surface area (Å²) in [5.41, 5.74) is 1.84. The van der Waals surface area contributed by atoms with Crippen LogP contribution in [0.15, 0.2) is 30.3 Å². The second kappa shape index (κ2) is 12.7. The van der Waals surface area contributed by atoms with E-state index in [0.717, 1.165) is 5.69 Å². The molecule has 1 aliphatic heterocycles. The Bertz CT molecular complexity index is 1040. The zero-order chi connectivity index (χ0) is 26.2. The highest BCUT2D eigenvalue weighted by Gasteiger charge is 2.24. The number of ether oxygens (including phenoxy) is 3. The SMILES string of the molecule is CCOc1cc(C(=O)Nc2ccc(N3CCN(C(=O)C(C)C)CC3)c(Cl)c2)cc(OCC)c1OCC. The number of hydrogen-bond acceptors (Lipinski definition) is 6. The summed E-state index contributed by atoms with van der Waals surface area (Å²) >= 11 is 6.60. The minimum atomic E-state index is -0.315. The Hall–Kier alpha value is -3.13. The van der Waals surface area contributed by atoms with Crippen molar-refractivity contribution < 1.29 is 23.8 Å². The standard InChI is InChI=1S/C27H36ClN3O5/c1-6-34-23-15-19(16-24(35-7-2)25(23)36-8-3)26(32)29-20-9-10-22(21(28)17-20)30-11-13-31(14-12-30)27(33)18(4)5/h9-10,15-18H,6-8,11-14H2,1-5H3,(H,29,32). The normalized spacial score (nSPS) is 13.5. The third kappa shape index (κ3) is 6.55. The lowest BCUT2D eigenvalue weighted by molar-refractivity contribution is -0.134. The van der Waals surface area contributed by atoms with Gasteiger partial charge in [-0.2, -0.15) is 0 Å². The van der Waals surface area contributed by atoms with E-state index in [9.17, 15) is 9.59 Å². The molecule has 2 aromatic rings. The maximum Gasteiger partial charge on any atom is 0.255 e. The van der Waals surface area contributed by atoms with E-state index in [1.54, 1.807) is 18.2 Å². The minimum Gasteiger partial charge on any atom is -0.490 e. The molecule has 0 unspecified atom stereocenters. The van der Waals surface area contributed by atoms with Gasteiger partial charge in [0.1, 0.15) is 0 Å². The van der Waals surface area contributed by atoms with E-state index in [4.69, 9.17) is 25.8 Å². The van der Waals surface area contributed by atoms with E-state index in [2.05, 4.69) is 10.2 Å². The van der Waals surface area contributed by atoms with Gasteiger partial charge in [-0.3, -0.25) is 9.59 Å². The van der Waals surface area contributed by atoms with E-state index in [0.29, 0.717) is 79.5 Å². The van der Waals surface area contributed by atoms with Crippen LogP contribution in [-0.2, 0) is 4.79 Å². The Labute approximate surface area is 218 Å². The summed E-state index contributed by atoms with van der Waals surface area (Å²) in [7, 11) is 0. The van der Waals surface area contributed by atoms with Gasteiger partial charge in [0, 0.05) is 43.3 Å². The second-order valence-corrected chi connectivity index (χ2v) is 9.10. The molecule has 3 rings (SSSR count). The first kappa shape index (κ1) is 27.5. The van der Waals surface area contributed by atoms with Crippen molar-refractivity contribution in [2.45, 2.75) is 34.6 Å². The highest BCUT2D eigenvalue weighted by atomic mass is 35.5. The van der Waals surface area contributed by atoms with Crippen molar-refractivity contribution in [1.82, 2.24) is 4.90 Å². The van der Waals surface area contributed by atoms with Crippen LogP contribution >= 0.6 is 11.6 Å². The highest BCUT2D eigenvalue weighted by molar-refractivity contribution is 6.33. The van der Waals surface area contributed by atoms with Gasteiger partial charge in [-0.05, 0) is 51.1 Å². The fourth-order valence-electron chi connectivity index (χ4n) is 4.10. The lowest BCUT2D eigenvalue weighted by Gasteiger charge is -2.37. The number of rotatable bonds is 10. The van der Waals surface area contributed by atoms with Crippen LogP contribution in [0.4, 0.5) is 11.4 Å². The van der Waals surface area contributed by atoms with E-state index in [1.165, 1.54) is 0 Å². The lowest BCUT2D eigenvalue weighted by atomic mass is 10.1. The van der Waals surface area contributed by atoms with Gasteiger partial charge < -0.3 is 29.3 Å². The molecule has 1 saturated heterocycles. The Kier molecular flexibility index (Phi) is 9.70. The predicted molar refractivity (Wildman–Crippen MR) is 143 cm³/mol. The molecule has 196 valence electrons. The molecule has 1 heterocycles. The zero-order valence-corrected chi connectivity index (χ0v) is 22.5. The van der Waals surface area contributed by atoms with E-state index < -0.39 is 0 Å². The summed E-state index contributed by atoms with van der Waals surface area (Å²) in [4.78, 5) is 29.4. The van der Waals surface area contributed by atoms with Crippen molar-refractivity contribution in [3.8, 4) is 17.2 Å². The predicted octanol–water partition coefficient (Wildman–Crippen LogP) is 5.09. The van der Waals surface area contributed by atoms with Gasteiger partial charge in [-0.25, -0.2) is 0 Å². The maximum atomic E-state index is 13.1. The van der Waals surface area contributed by atoms with Crippen molar-refractivity contribution >= 4 is 34.8 Å². The van der Waals surface area contributed by atoms with E-state index in [-0.39, 0.29) is 17.7 Å². The molecule has 0 bridgehead atoms. The van der Waals surface area contributed by atoms with Gasteiger partial charge >= 0.3 is 0 Å². The van der Waals surface area contributed by atoms with Gasteiger partial charge in [-0.15, -0.1) is 0 Å². The largest absolute Gasteiger partial charge is 0.490 e. The molecule has 0 radical (unpaired) electrons. The Morgan fingerprint density at radius 1 is 0.917 bits per heavy atom. The number of carbonyl (C=O) groups excluding carboxylic acids is 2. The average molecular weight is 518 g/mol. The maximum absolute atomic E-state index is 13.1. The van der Waals surface area contributed by atoms with Crippen LogP contribution in [0.3, 0.4) is 0 Å². The quantitative estimate of drug-likeness (QED) is 0.472. The number of piperazine rings is 1. The smallest absolute Gasteiger partial charge is 0.255 e. The van der Waals surface area contributed by atoms with Crippen LogP contribution in [0.2, 0.25) is 5.02 Å². The zero-order valence-electron chi connectivity index (χ0n) is 21.7. The Morgan fingerprint density at radius 2 is 1.50 bits per heavy atom. The van der Waals surface area contributed by atoms with Crippen LogP contribution in [0.5, 0.6) is 17.2 Å². The fourth-order valence-corrected chi connectivity index (χ4v) is 4.40. The molecule has 1 fully saturated rings. The Morgan fingerprint density at radius 3 is 2.00 bits per heavy atom. The molecule has 1 aliphatic rings. The molecule has 0 atom stereocenters. The van der Waals surface area contributed by atoms with Gasteiger partial charge in [0.15, 0.2) is 11.5 Å². The van der Waals surface area contributed by atoms with Gasteiger partial charge in [-0.1, -0.05) is 25.4 Å². The monoisotopic (exact) mass is 517 g/mol. The first-order valence-electron chi connectivity index (χ1n) is 12.5. The topological polar surface area (TPSA) is 80.3 Å². The molecule has 0 aliphatic carbocycles. The van der Waals surface area contributed by atoms with Gasteiger partial charge in [0.2, 0.25) is 11.7 Å². The number of nitrogens with zero attached hydrogens (tertiary/aromatic N) is 2. The summed E-state index contributed by atoms with van der Waals surface area (Å²) in [5, 5.41) is 3.44. The minimum absolute atomic E-state index is 0.00682. The number of anilines is 2. The number of nitrogens with one attached hydrogen (secondary N) is 1. The summed E-state index contributed by atoms with van der Waals surface area (Å²) in [6, 6.07) is 8.77. The van der Waals surface area contributed by atoms with Gasteiger partial charge in [0.05, 0.1) is 30.5 Å². The van der Waals surface area contributed by atoms with Crippen molar-refractivity contribution in [2.75, 3.05) is 56.2 Å². The third-order valence-corrected chi connectivity index (χ3v) is 6.11. The number of halogens is 1. The molecule has 1 N–H and O–H groups in total. The molecule has 0 spiro atoms. The summed E-state index contributed by atoms with van der Waals surface area (Å²) < 4.78 is 17.2. The van der Waals surface area contributed by atoms with Crippen molar-refractivity contribution in [3.63, 3.8) is 0 Å². The fraction of sp³-hybridized carbons (Fsp3) is 0.481. The molecule has 2 amide bonds. The number of amides is 2. The molecule has 9 heteroatoms. The average Bonchev–Trinajstić information content (AvgIpc) is 2.86. The molecular formula is C27H36ClN3O5. The van der Waals surface area contributed by atoms with Crippen LogP contribution in [0, 0.1) is 5.92 Å². The van der Waals surface area contributed by atoms with Crippen LogP contribution in [0.25, 0.3) is 0 Å². The van der Waals surface area contributed by atoms with Crippen LogP contribution in [0.1, 0.15) is 45.0 Å². The Balaban J connectivity index is 1.74.